The van der Waals surface area contributed by atoms with Crippen molar-refractivity contribution in [3.8, 4) is 6.07 Å². The van der Waals surface area contributed by atoms with Crippen molar-refractivity contribution in [2.45, 2.75) is 26.3 Å². The Morgan fingerprint density at radius 3 is 3.00 bits per heavy atom. The van der Waals surface area contributed by atoms with Crippen LogP contribution in [0.25, 0.3) is 0 Å². The zero-order valence-corrected chi connectivity index (χ0v) is 10.2. The number of rotatable bonds is 3. The van der Waals surface area contributed by atoms with Gasteiger partial charge in [-0.25, -0.2) is 9.97 Å². The molecule has 90 valence electrons. The van der Waals surface area contributed by atoms with Crippen LogP contribution >= 0.6 is 0 Å². The van der Waals surface area contributed by atoms with Gasteiger partial charge in [-0.2, -0.15) is 5.26 Å². The fraction of sp³-hybridized carbons (Fsp3) is 0.583. The normalized spacial score (nSPS) is 19.0. The highest BCUT2D eigenvalue weighted by atomic mass is 16.5. The Morgan fingerprint density at radius 1 is 1.59 bits per heavy atom. The molecule has 1 fully saturated rings. The molecule has 17 heavy (non-hydrogen) atoms. The lowest BCUT2D eigenvalue weighted by atomic mass is 10.2. The van der Waals surface area contributed by atoms with Crippen LogP contribution in [0.4, 0.5) is 5.95 Å². The zero-order valence-electron chi connectivity index (χ0n) is 10.2. The number of aryl methyl sites for hydroxylation is 1. The maximum absolute atomic E-state index is 8.92. The third-order valence-corrected chi connectivity index (χ3v) is 2.90. The molecule has 0 saturated carbocycles. The van der Waals surface area contributed by atoms with Crippen LogP contribution in [0.5, 0.6) is 0 Å². The first-order valence-corrected chi connectivity index (χ1v) is 5.84. The van der Waals surface area contributed by atoms with Crippen molar-refractivity contribution < 1.29 is 4.74 Å². The Morgan fingerprint density at radius 2 is 2.41 bits per heavy atom. The van der Waals surface area contributed by atoms with Crippen molar-refractivity contribution in [3.05, 3.63) is 17.5 Å². The molecule has 1 saturated heterocycles. The van der Waals surface area contributed by atoms with Gasteiger partial charge in [0.05, 0.1) is 12.6 Å². The Labute approximate surface area is 101 Å². The molecule has 1 atom stereocenters. The summed E-state index contributed by atoms with van der Waals surface area (Å²) in [6.45, 7) is 6.27. The fourth-order valence-electron chi connectivity index (χ4n) is 2.07. The number of anilines is 1. The van der Waals surface area contributed by atoms with Gasteiger partial charge in [-0.05, 0) is 26.3 Å². The van der Waals surface area contributed by atoms with Gasteiger partial charge in [-0.15, -0.1) is 0 Å². The highest BCUT2D eigenvalue weighted by Crippen LogP contribution is 2.18. The molecule has 1 aliphatic rings. The van der Waals surface area contributed by atoms with Crippen LogP contribution in [-0.2, 0) is 4.74 Å². The number of likely N-dealkylation sites (N-methyl/N-ethyl adjacent to an activating group) is 1. The van der Waals surface area contributed by atoms with Crippen LogP contribution in [0.3, 0.4) is 0 Å². The predicted octanol–water partition coefficient (Wildman–Crippen LogP) is 1.27. The molecule has 0 radical (unpaired) electrons. The maximum Gasteiger partial charge on any atom is 0.227 e. The quantitative estimate of drug-likeness (QED) is 0.785. The standard InChI is InChI=1S/C12H16N4O/c1-3-16(11-4-5-17-8-11)12-14-9(2)6-10(7-13)15-12/h6,11H,3-5,8H2,1-2H3. The second-order valence-electron chi connectivity index (χ2n) is 4.11. The zero-order chi connectivity index (χ0) is 12.3. The lowest BCUT2D eigenvalue weighted by molar-refractivity contribution is 0.193. The number of ether oxygens (including phenoxy) is 1. The van der Waals surface area contributed by atoms with Crippen LogP contribution in [0, 0.1) is 18.3 Å². The first kappa shape index (κ1) is 11.8. The molecule has 0 aromatic carbocycles. The maximum atomic E-state index is 8.92. The number of nitrogens with zero attached hydrogens (tertiary/aromatic N) is 4. The Bertz CT molecular complexity index is 435. The molecule has 2 rings (SSSR count). The summed E-state index contributed by atoms with van der Waals surface area (Å²) >= 11 is 0. The average Bonchev–Trinajstić information content (AvgIpc) is 2.83. The molecule has 1 aromatic rings. The van der Waals surface area contributed by atoms with Gasteiger partial charge in [0.15, 0.2) is 0 Å². The molecule has 5 heteroatoms. The van der Waals surface area contributed by atoms with E-state index < -0.39 is 0 Å². The summed E-state index contributed by atoms with van der Waals surface area (Å²) in [6, 6.07) is 4.09. The first-order valence-electron chi connectivity index (χ1n) is 5.84. The largest absolute Gasteiger partial charge is 0.379 e. The van der Waals surface area contributed by atoms with E-state index >= 15 is 0 Å². The van der Waals surface area contributed by atoms with Crippen LogP contribution in [0.2, 0.25) is 0 Å². The van der Waals surface area contributed by atoms with Gasteiger partial charge >= 0.3 is 0 Å². The molecule has 0 bridgehead atoms. The molecule has 0 amide bonds. The molecular formula is C12H16N4O. The van der Waals surface area contributed by atoms with Crippen molar-refractivity contribution in [2.24, 2.45) is 0 Å². The van der Waals surface area contributed by atoms with Crippen molar-refractivity contribution in [1.29, 1.82) is 5.26 Å². The Balaban J connectivity index is 2.30. The third kappa shape index (κ3) is 2.53. The van der Waals surface area contributed by atoms with E-state index in [0.717, 1.165) is 25.3 Å². The minimum Gasteiger partial charge on any atom is -0.379 e. The van der Waals surface area contributed by atoms with Crippen molar-refractivity contribution in [3.63, 3.8) is 0 Å². The van der Waals surface area contributed by atoms with E-state index in [1.165, 1.54) is 0 Å². The monoisotopic (exact) mass is 232 g/mol. The van der Waals surface area contributed by atoms with Crippen molar-refractivity contribution >= 4 is 5.95 Å². The van der Waals surface area contributed by atoms with Gasteiger partial charge in [0.1, 0.15) is 11.8 Å². The van der Waals surface area contributed by atoms with Gasteiger partial charge in [0.25, 0.3) is 0 Å². The predicted molar refractivity (Wildman–Crippen MR) is 63.7 cm³/mol. The Hall–Kier alpha value is -1.67. The topological polar surface area (TPSA) is 62.0 Å². The second-order valence-corrected chi connectivity index (χ2v) is 4.11. The van der Waals surface area contributed by atoms with E-state index in [4.69, 9.17) is 10.00 Å². The van der Waals surface area contributed by atoms with Gasteiger partial charge in [-0.1, -0.05) is 0 Å². The molecule has 1 aliphatic heterocycles. The van der Waals surface area contributed by atoms with Crippen molar-refractivity contribution in [1.82, 2.24) is 9.97 Å². The minimum atomic E-state index is 0.327. The van der Waals surface area contributed by atoms with E-state index in [-0.39, 0.29) is 0 Å². The lowest BCUT2D eigenvalue weighted by Gasteiger charge is -2.26. The van der Waals surface area contributed by atoms with Crippen molar-refractivity contribution in [2.75, 3.05) is 24.7 Å². The van der Waals surface area contributed by atoms with E-state index in [1.807, 2.05) is 6.92 Å². The number of nitriles is 1. The number of hydrogen-bond donors (Lipinski definition) is 0. The molecule has 0 N–H and O–H groups in total. The third-order valence-electron chi connectivity index (χ3n) is 2.90. The average molecular weight is 232 g/mol. The SMILES string of the molecule is CCN(c1nc(C)cc(C#N)n1)C1CCOC1. The molecule has 2 heterocycles. The summed E-state index contributed by atoms with van der Waals surface area (Å²) < 4.78 is 5.39. The van der Waals surface area contributed by atoms with Gasteiger partial charge in [0.2, 0.25) is 5.95 Å². The first-order chi connectivity index (χ1) is 8.24. The molecule has 5 nitrogen and oxygen atoms in total. The molecule has 0 aliphatic carbocycles. The van der Waals surface area contributed by atoms with Gasteiger partial charge in [0, 0.05) is 18.8 Å². The van der Waals surface area contributed by atoms with Gasteiger partial charge in [-0.3, -0.25) is 0 Å². The number of hydrogen-bond acceptors (Lipinski definition) is 5. The fourth-order valence-corrected chi connectivity index (χ4v) is 2.07. The van der Waals surface area contributed by atoms with Crippen LogP contribution in [-0.4, -0.2) is 35.8 Å². The summed E-state index contributed by atoms with van der Waals surface area (Å²) in [5.41, 5.74) is 1.24. The van der Waals surface area contributed by atoms with Crippen LogP contribution in [0.15, 0.2) is 6.07 Å². The molecule has 1 unspecified atom stereocenters. The number of aromatic nitrogens is 2. The van der Waals surface area contributed by atoms with Crippen LogP contribution < -0.4 is 4.90 Å². The summed E-state index contributed by atoms with van der Waals surface area (Å²) in [5.74, 6) is 0.638. The van der Waals surface area contributed by atoms with Crippen LogP contribution in [0.1, 0.15) is 24.7 Å². The summed E-state index contributed by atoms with van der Waals surface area (Å²) in [4.78, 5) is 10.8. The van der Waals surface area contributed by atoms with E-state index in [9.17, 15) is 0 Å². The highest BCUT2D eigenvalue weighted by molar-refractivity contribution is 5.37. The smallest absolute Gasteiger partial charge is 0.227 e. The minimum absolute atomic E-state index is 0.327. The molecular weight excluding hydrogens is 216 g/mol. The molecule has 1 aromatic heterocycles. The lowest BCUT2D eigenvalue weighted by Crippen LogP contribution is -2.37. The van der Waals surface area contributed by atoms with Gasteiger partial charge < -0.3 is 9.64 Å². The summed E-state index contributed by atoms with van der Waals surface area (Å²) in [7, 11) is 0. The van der Waals surface area contributed by atoms with E-state index in [1.54, 1.807) is 6.07 Å². The van der Waals surface area contributed by atoms with E-state index in [2.05, 4.69) is 27.9 Å². The summed E-state index contributed by atoms with van der Waals surface area (Å²) in [5, 5.41) is 8.92. The summed E-state index contributed by atoms with van der Waals surface area (Å²) in [6.07, 6.45) is 0.993. The highest BCUT2D eigenvalue weighted by Gasteiger charge is 2.24. The second kappa shape index (κ2) is 5.11. The Kier molecular flexibility index (Phi) is 3.55. The van der Waals surface area contributed by atoms with E-state index in [0.29, 0.717) is 24.3 Å². The molecule has 0 spiro atoms.